The molecule has 1 aliphatic heterocycles. The Hall–Kier alpha value is -3.07. The first-order chi connectivity index (χ1) is 15.0. The molecule has 9 nitrogen and oxygen atoms in total. The lowest BCUT2D eigenvalue weighted by molar-refractivity contribution is 0.0130. The van der Waals surface area contributed by atoms with Crippen molar-refractivity contribution in [3.05, 3.63) is 35.9 Å². The third-order valence-corrected chi connectivity index (χ3v) is 5.62. The Kier molecular flexibility index (Phi) is 5.62. The summed E-state index contributed by atoms with van der Waals surface area (Å²) in [6, 6.07) is 3.23. The van der Waals surface area contributed by atoms with Gasteiger partial charge < -0.3 is 19.6 Å². The molecule has 4 heterocycles. The van der Waals surface area contributed by atoms with Crippen LogP contribution < -0.4 is 4.90 Å². The van der Waals surface area contributed by atoms with Crippen LogP contribution >= 0.6 is 11.6 Å². The predicted molar refractivity (Wildman–Crippen MR) is 123 cm³/mol. The molecule has 4 rings (SSSR count). The summed E-state index contributed by atoms with van der Waals surface area (Å²) in [4.78, 5) is 29.7. The van der Waals surface area contributed by atoms with Crippen LogP contribution in [0.2, 0.25) is 5.02 Å². The van der Waals surface area contributed by atoms with Crippen LogP contribution in [0.15, 0.2) is 30.9 Å². The highest BCUT2D eigenvalue weighted by Crippen LogP contribution is 2.36. The molecule has 10 heteroatoms. The Labute approximate surface area is 191 Å². The topological polar surface area (TPSA) is 96.6 Å². The Morgan fingerprint density at radius 2 is 1.94 bits per heavy atom. The zero-order valence-electron chi connectivity index (χ0n) is 18.8. The van der Waals surface area contributed by atoms with Crippen LogP contribution in [0.4, 0.5) is 10.6 Å². The van der Waals surface area contributed by atoms with Gasteiger partial charge in [-0.05, 0) is 40.7 Å². The highest BCUT2D eigenvalue weighted by Gasteiger charge is 2.36. The van der Waals surface area contributed by atoms with Crippen LogP contribution in [-0.2, 0) is 4.74 Å². The smallest absolute Gasteiger partial charge is 0.410 e. The van der Waals surface area contributed by atoms with Crippen molar-refractivity contribution in [2.75, 3.05) is 18.0 Å². The van der Waals surface area contributed by atoms with Gasteiger partial charge in [0.05, 0.1) is 6.20 Å². The summed E-state index contributed by atoms with van der Waals surface area (Å²) in [7, 11) is 0. The van der Waals surface area contributed by atoms with Crippen molar-refractivity contribution in [1.82, 2.24) is 24.4 Å². The lowest BCUT2D eigenvalue weighted by Gasteiger charge is -2.44. The summed E-state index contributed by atoms with van der Waals surface area (Å²) >= 11 is 6.12. The van der Waals surface area contributed by atoms with Gasteiger partial charge in [-0.1, -0.05) is 11.6 Å². The van der Waals surface area contributed by atoms with Crippen molar-refractivity contribution in [2.24, 2.45) is 0 Å². The molecule has 0 saturated carbocycles. The van der Waals surface area contributed by atoms with Crippen molar-refractivity contribution in [1.29, 1.82) is 0 Å². The first kappa shape index (κ1) is 22.1. The first-order valence-electron chi connectivity index (χ1n) is 10.5. The highest BCUT2D eigenvalue weighted by atomic mass is 35.5. The minimum absolute atomic E-state index is 0.0480. The van der Waals surface area contributed by atoms with E-state index >= 15 is 0 Å². The van der Waals surface area contributed by atoms with Crippen molar-refractivity contribution in [2.45, 2.75) is 52.3 Å². The highest BCUT2D eigenvalue weighted by molar-refractivity contribution is 6.30. The number of nitrogens with zero attached hydrogens (tertiary/aromatic N) is 6. The first-order valence-corrected chi connectivity index (χ1v) is 10.9. The number of rotatable bonds is 2. The summed E-state index contributed by atoms with van der Waals surface area (Å²) in [6.45, 7) is 10.6. The summed E-state index contributed by atoms with van der Waals surface area (Å²) in [5, 5.41) is 11.8. The minimum atomic E-state index is -0.556. The van der Waals surface area contributed by atoms with E-state index in [1.54, 1.807) is 34.0 Å². The van der Waals surface area contributed by atoms with Crippen molar-refractivity contribution < 1.29 is 14.6 Å². The third kappa shape index (κ3) is 4.17. The lowest BCUT2D eigenvalue weighted by atomic mass is 10.1. The zero-order valence-corrected chi connectivity index (χ0v) is 19.5. The standard InChI is InChI=1S/C22H27ClN6O3/c1-13-10-28(21(31)32-22(3,4)5)14(2)9-27(13)19-18-16(30)11-29(20(18)26-12-25-19)17-8-15(23)6-7-24-17/h6-8,11-14,30H,9-10H2,1-5H3/t13-,14+/m0/s1. The van der Waals surface area contributed by atoms with Crippen LogP contribution in [0, 0.1) is 0 Å². The maximum atomic E-state index is 12.7. The molecule has 0 aliphatic carbocycles. The van der Waals surface area contributed by atoms with Crippen LogP contribution in [0.1, 0.15) is 34.6 Å². The molecular weight excluding hydrogens is 432 g/mol. The molecule has 170 valence electrons. The maximum Gasteiger partial charge on any atom is 0.410 e. The number of halogens is 1. The van der Waals surface area contributed by atoms with Gasteiger partial charge in [0, 0.05) is 42.5 Å². The van der Waals surface area contributed by atoms with E-state index in [0.29, 0.717) is 40.8 Å². The summed E-state index contributed by atoms with van der Waals surface area (Å²) in [5.41, 5.74) is -0.0318. The van der Waals surface area contributed by atoms with E-state index in [9.17, 15) is 9.90 Å². The van der Waals surface area contributed by atoms with Gasteiger partial charge >= 0.3 is 6.09 Å². The number of carbonyl (C=O) groups excluding carboxylic acids is 1. The van der Waals surface area contributed by atoms with E-state index in [-0.39, 0.29) is 23.9 Å². The molecule has 0 spiro atoms. The van der Waals surface area contributed by atoms with E-state index in [2.05, 4.69) is 19.9 Å². The van der Waals surface area contributed by atoms with Gasteiger partial charge in [-0.25, -0.2) is 19.7 Å². The molecule has 1 saturated heterocycles. The normalized spacial score (nSPS) is 19.4. The largest absolute Gasteiger partial charge is 0.505 e. The average Bonchev–Trinajstić information content (AvgIpc) is 3.05. The van der Waals surface area contributed by atoms with Crippen molar-refractivity contribution in [3.8, 4) is 11.6 Å². The number of aromatic hydroxyl groups is 1. The van der Waals surface area contributed by atoms with E-state index in [1.165, 1.54) is 6.33 Å². The van der Waals surface area contributed by atoms with Crippen LogP contribution in [-0.4, -0.2) is 66.4 Å². The molecule has 0 radical (unpaired) electrons. The fourth-order valence-electron chi connectivity index (χ4n) is 3.94. The number of anilines is 1. The SMILES string of the molecule is C[C@@H]1CN(c2ncnc3c2c(O)cn3-c2cc(Cl)ccn2)[C@@H](C)CN1C(=O)OC(C)(C)C. The van der Waals surface area contributed by atoms with Crippen molar-refractivity contribution >= 4 is 34.5 Å². The molecule has 3 aromatic rings. The number of ether oxygens (including phenoxy) is 1. The second kappa shape index (κ2) is 8.12. The monoisotopic (exact) mass is 458 g/mol. The number of pyridine rings is 1. The molecule has 3 aromatic heterocycles. The molecule has 0 bridgehead atoms. The van der Waals surface area contributed by atoms with Crippen LogP contribution in [0.25, 0.3) is 16.9 Å². The average molecular weight is 459 g/mol. The third-order valence-electron chi connectivity index (χ3n) is 5.38. The molecule has 1 fully saturated rings. The fraction of sp³-hybridized carbons (Fsp3) is 0.455. The van der Waals surface area contributed by atoms with E-state index < -0.39 is 5.60 Å². The summed E-state index contributed by atoms with van der Waals surface area (Å²) in [5.74, 6) is 1.20. The van der Waals surface area contributed by atoms with Gasteiger partial charge in [0.1, 0.15) is 34.7 Å². The molecule has 0 aromatic carbocycles. The Morgan fingerprint density at radius 3 is 2.62 bits per heavy atom. The van der Waals surface area contributed by atoms with Gasteiger partial charge in [-0.2, -0.15) is 0 Å². The number of fused-ring (bicyclic) bond motifs is 1. The van der Waals surface area contributed by atoms with Gasteiger partial charge in [0.25, 0.3) is 0 Å². The van der Waals surface area contributed by atoms with Gasteiger partial charge in [-0.3, -0.25) is 4.57 Å². The number of piperazine rings is 1. The minimum Gasteiger partial charge on any atom is -0.505 e. The number of hydrogen-bond acceptors (Lipinski definition) is 7. The molecule has 32 heavy (non-hydrogen) atoms. The Balaban J connectivity index is 1.68. The zero-order chi connectivity index (χ0) is 23.2. The quantitative estimate of drug-likeness (QED) is 0.619. The molecule has 1 N–H and O–H groups in total. The van der Waals surface area contributed by atoms with Crippen LogP contribution in [0.5, 0.6) is 5.75 Å². The maximum absolute atomic E-state index is 12.7. The Bertz CT molecular complexity index is 1160. The second-order valence-electron chi connectivity index (χ2n) is 9.10. The fourth-order valence-corrected chi connectivity index (χ4v) is 4.10. The molecule has 1 aliphatic rings. The van der Waals surface area contributed by atoms with Gasteiger partial charge in [-0.15, -0.1) is 0 Å². The van der Waals surface area contributed by atoms with E-state index in [0.717, 1.165) is 0 Å². The molecule has 2 atom stereocenters. The number of hydrogen-bond donors (Lipinski definition) is 1. The van der Waals surface area contributed by atoms with Gasteiger partial charge in [0.15, 0.2) is 5.65 Å². The predicted octanol–water partition coefficient (Wildman–Crippen LogP) is 4.01. The number of carbonyl (C=O) groups is 1. The van der Waals surface area contributed by atoms with E-state index in [4.69, 9.17) is 16.3 Å². The van der Waals surface area contributed by atoms with Crippen LogP contribution in [0.3, 0.4) is 0 Å². The number of amides is 1. The molecule has 1 amide bonds. The molecule has 0 unspecified atom stereocenters. The van der Waals surface area contributed by atoms with Gasteiger partial charge in [0.2, 0.25) is 0 Å². The number of aromatic nitrogens is 4. The molecular formula is C22H27ClN6O3. The summed E-state index contributed by atoms with van der Waals surface area (Å²) in [6.07, 6.45) is 4.30. The second-order valence-corrected chi connectivity index (χ2v) is 9.53. The van der Waals surface area contributed by atoms with E-state index in [1.807, 2.05) is 34.6 Å². The summed E-state index contributed by atoms with van der Waals surface area (Å²) < 4.78 is 7.26. The Morgan fingerprint density at radius 1 is 1.19 bits per heavy atom. The lowest BCUT2D eigenvalue weighted by Crippen LogP contribution is -2.59. The van der Waals surface area contributed by atoms with Crippen molar-refractivity contribution in [3.63, 3.8) is 0 Å².